The largest absolute Gasteiger partial charge is 0.430 e. The minimum absolute atomic E-state index is 0.166. The molecule has 22 heavy (non-hydrogen) atoms. The summed E-state index contributed by atoms with van der Waals surface area (Å²) >= 11 is 0. The van der Waals surface area contributed by atoms with Gasteiger partial charge in [-0.3, -0.25) is 4.79 Å². The first kappa shape index (κ1) is 17.8. The molecule has 0 aromatic heterocycles. The molecule has 0 spiro atoms. The number of carbonyl (C=O) groups excluding carboxylic acids is 1. The van der Waals surface area contributed by atoms with E-state index in [1.54, 1.807) is 0 Å². The van der Waals surface area contributed by atoms with E-state index in [1.165, 1.54) is 0 Å². The van der Waals surface area contributed by atoms with E-state index in [9.17, 15) is 31.1 Å². The molecule has 0 aliphatic carbocycles. The average Bonchev–Trinajstić information content (AvgIpc) is 2.36. The Labute approximate surface area is 118 Å². The molecule has 0 saturated carbocycles. The first-order valence-electron chi connectivity index (χ1n) is 5.38. The Bertz CT molecular complexity index is 551. The molecule has 1 rings (SSSR count). The zero-order chi connectivity index (χ0) is 17.2. The van der Waals surface area contributed by atoms with E-state index in [0.717, 1.165) is 12.1 Å². The number of amides is 1. The zero-order valence-electron chi connectivity index (χ0n) is 10.4. The van der Waals surface area contributed by atoms with Gasteiger partial charge in [0, 0.05) is 11.3 Å². The third kappa shape index (κ3) is 3.30. The third-order valence-corrected chi connectivity index (χ3v) is 2.57. The van der Waals surface area contributed by atoms with E-state index in [0.29, 0.717) is 18.3 Å². The van der Waals surface area contributed by atoms with Crippen LogP contribution < -0.4 is 5.32 Å². The Morgan fingerprint density at radius 3 is 1.86 bits per heavy atom. The van der Waals surface area contributed by atoms with Gasteiger partial charge in [-0.15, -0.1) is 0 Å². The van der Waals surface area contributed by atoms with Crippen LogP contribution in [0.15, 0.2) is 29.4 Å². The summed E-state index contributed by atoms with van der Waals surface area (Å²) in [6, 6.07) is 2.18. The standard InChI is InChI=1S/C11H8F6N2O3/c12-10(13,14)9(21,11(15,16)17)6-1-3-7(4-2-6)19-8(20)5-18-22/h1-5,21-22H,(H,19,20)/b18-5-. The van der Waals surface area contributed by atoms with E-state index < -0.39 is 29.4 Å². The molecule has 0 atom stereocenters. The fourth-order valence-electron chi connectivity index (χ4n) is 1.51. The van der Waals surface area contributed by atoms with Crippen molar-refractivity contribution in [2.75, 3.05) is 5.32 Å². The number of aliphatic hydroxyl groups is 1. The summed E-state index contributed by atoms with van der Waals surface area (Å²) in [5.41, 5.74) is -6.66. The quantitative estimate of drug-likeness (QED) is 0.344. The van der Waals surface area contributed by atoms with Crippen LogP contribution in [0.4, 0.5) is 32.0 Å². The van der Waals surface area contributed by atoms with E-state index in [1.807, 2.05) is 5.32 Å². The summed E-state index contributed by atoms with van der Waals surface area (Å²) in [7, 11) is 0. The highest BCUT2D eigenvalue weighted by molar-refractivity contribution is 6.31. The lowest BCUT2D eigenvalue weighted by atomic mass is 9.92. The number of nitrogens with one attached hydrogen (secondary N) is 1. The lowest BCUT2D eigenvalue weighted by Gasteiger charge is -2.32. The van der Waals surface area contributed by atoms with Crippen molar-refractivity contribution < 1.29 is 41.5 Å². The van der Waals surface area contributed by atoms with Crippen LogP contribution >= 0.6 is 0 Å². The number of oxime groups is 1. The molecule has 122 valence electrons. The van der Waals surface area contributed by atoms with Crippen molar-refractivity contribution in [3.05, 3.63) is 29.8 Å². The Hall–Kier alpha value is -2.30. The molecular weight excluding hydrogens is 322 g/mol. The maximum atomic E-state index is 12.6. The van der Waals surface area contributed by atoms with Gasteiger partial charge in [0.15, 0.2) is 0 Å². The van der Waals surface area contributed by atoms with Gasteiger partial charge in [-0.1, -0.05) is 17.3 Å². The van der Waals surface area contributed by atoms with Crippen molar-refractivity contribution in [1.29, 1.82) is 0 Å². The van der Waals surface area contributed by atoms with E-state index >= 15 is 0 Å². The van der Waals surface area contributed by atoms with Gasteiger partial charge in [-0.05, 0) is 12.1 Å². The molecule has 0 heterocycles. The molecule has 0 saturated heterocycles. The number of carbonyl (C=O) groups is 1. The van der Waals surface area contributed by atoms with Gasteiger partial charge in [0.2, 0.25) is 0 Å². The first-order chi connectivity index (χ1) is 9.93. The smallest absolute Gasteiger partial charge is 0.411 e. The molecular formula is C11H8F6N2O3. The fraction of sp³-hybridized carbons (Fsp3) is 0.273. The number of alkyl halides is 6. The summed E-state index contributed by atoms with van der Waals surface area (Å²) in [6.45, 7) is 0. The summed E-state index contributed by atoms with van der Waals surface area (Å²) < 4.78 is 75.7. The fourth-order valence-corrected chi connectivity index (χ4v) is 1.51. The van der Waals surface area contributed by atoms with Gasteiger partial charge in [-0.2, -0.15) is 26.3 Å². The number of rotatable bonds is 3. The Balaban J connectivity index is 3.18. The molecule has 1 aromatic rings. The number of benzene rings is 1. The maximum Gasteiger partial charge on any atom is 0.430 e. The highest BCUT2D eigenvalue weighted by atomic mass is 19.4. The minimum atomic E-state index is -5.99. The summed E-state index contributed by atoms with van der Waals surface area (Å²) in [5.74, 6) is -0.961. The van der Waals surface area contributed by atoms with E-state index in [2.05, 4.69) is 5.16 Å². The Morgan fingerprint density at radius 2 is 1.50 bits per heavy atom. The van der Waals surface area contributed by atoms with Gasteiger partial charge in [0.05, 0.1) is 0 Å². The van der Waals surface area contributed by atoms with Crippen molar-refractivity contribution in [2.45, 2.75) is 18.0 Å². The van der Waals surface area contributed by atoms with Crippen LogP contribution in [0.2, 0.25) is 0 Å². The Morgan fingerprint density at radius 1 is 1.05 bits per heavy atom. The van der Waals surface area contributed by atoms with Crippen molar-refractivity contribution in [3.8, 4) is 0 Å². The summed E-state index contributed by atoms with van der Waals surface area (Å²) in [5, 5.41) is 21.6. The molecule has 1 aromatic carbocycles. The van der Waals surface area contributed by atoms with Crippen molar-refractivity contribution in [2.24, 2.45) is 5.16 Å². The predicted molar refractivity (Wildman–Crippen MR) is 61.4 cm³/mol. The maximum absolute atomic E-state index is 12.6. The highest BCUT2D eigenvalue weighted by Crippen LogP contribution is 2.50. The van der Waals surface area contributed by atoms with Crippen molar-refractivity contribution in [3.63, 3.8) is 0 Å². The number of hydrogen-bond donors (Lipinski definition) is 3. The molecule has 0 aliphatic rings. The minimum Gasteiger partial charge on any atom is -0.411 e. The lowest BCUT2D eigenvalue weighted by Crippen LogP contribution is -2.53. The molecule has 0 bridgehead atoms. The predicted octanol–water partition coefficient (Wildman–Crippen LogP) is 2.40. The molecule has 0 aliphatic heterocycles. The second-order valence-electron chi connectivity index (χ2n) is 4.02. The highest BCUT2D eigenvalue weighted by Gasteiger charge is 2.71. The van der Waals surface area contributed by atoms with Crippen LogP contribution in [0.3, 0.4) is 0 Å². The van der Waals surface area contributed by atoms with Gasteiger partial charge >= 0.3 is 12.4 Å². The van der Waals surface area contributed by atoms with Crippen LogP contribution in [-0.4, -0.2) is 34.8 Å². The molecule has 5 nitrogen and oxygen atoms in total. The van der Waals surface area contributed by atoms with Crippen LogP contribution in [-0.2, 0) is 10.4 Å². The van der Waals surface area contributed by atoms with Gasteiger partial charge in [-0.25, -0.2) is 0 Å². The average molecular weight is 330 g/mol. The molecule has 1 amide bonds. The molecule has 11 heteroatoms. The summed E-state index contributed by atoms with van der Waals surface area (Å²) in [6.07, 6.45) is -11.5. The normalized spacial score (nSPS) is 13.4. The number of nitrogens with zero attached hydrogens (tertiary/aromatic N) is 1. The molecule has 0 radical (unpaired) electrons. The second-order valence-corrected chi connectivity index (χ2v) is 4.02. The van der Waals surface area contributed by atoms with Crippen LogP contribution in [0.5, 0.6) is 0 Å². The number of halogens is 6. The SMILES string of the molecule is O=C(/C=N\O)Nc1ccc(C(O)(C(F)(F)F)C(F)(F)F)cc1. The monoisotopic (exact) mass is 330 g/mol. The van der Waals surface area contributed by atoms with Crippen LogP contribution in [0.1, 0.15) is 5.56 Å². The number of hydrogen-bond acceptors (Lipinski definition) is 4. The third-order valence-electron chi connectivity index (χ3n) is 2.57. The lowest BCUT2D eigenvalue weighted by molar-refractivity contribution is -0.376. The van der Waals surface area contributed by atoms with E-state index in [-0.39, 0.29) is 5.69 Å². The van der Waals surface area contributed by atoms with Crippen molar-refractivity contribution >= 4 is 17.8 Å². The van der Waals surface area contributed by atoms with Crippen molar-refractivity contribution in [1.82, 2.24) is 0 Å². The second kappa shape index (κ2) is 5.83. The molecule has 0 unspecified atom stereocenters. The topological polar surface area (TPSA) is 81.9 Å². The van der Waals surface area contributed by atoms with E-state index in [4.69, 9.17) is 10.3 Å². The van der Waals surface area contributed by atoms with Gasteiger partial charge in [0.25, 0.3) is 11.5 Å². The van der Waals surface area contributed by atoms with Crippen LogP contribution in [0.25, 0.3) is 0 Å². The zero-order valence-corrected chi connectivity index (χ0v) is 10.4. The number of anilines is 1. The van der Waals surface area contributed by atoms with Crippen LogP contribution in [0, 0.1) is 0 Å². The van der Waals surface area contributed by atoms with Gasteiger partial charge < -0.3 is 15.6 Å². The summed E-state index contributed by atoms with van der Waals surface area (Å²) in [4.78, 5) is 11.0. The van der Waals surface area contributed by atoms with Gasteiger partial charge in [0.1, 0.15) is 6.21 Å². The first-order valence-corrected chi connectivity index (χ1v) is 5.38. The molecule has 3 N–H and O–H groups in total. The molecule has 0 fully saturated rings. The Kier molecular flexibility index (Phi) is 4.70.